The molecule has 1 rings (SSSR count). The first-order valence-corrected chi connectivity index (χ1v) is 4.06. The zero-order valence-corrected chi connectivity index (χ0v) is 7.09. The van der Waals surface area contributed by atoms with Gasteiger partial charge in [-0.1, -0.05) is 12.5 Å². The first kappa shape index (κ1) is 8.31. The molecule has 0 N–H and O–H groups in total. The van der Waals surface area contributed by atoms with Crippen molar-refractivity contribution in [3.8, 4) is 0 Å². The Bertz CT molecular complexity index is 178. The molecule has 0 aromatic heterocycles. The van der Waals surface area contributed by atoms with Gasteiger partial charge in [0.15, 0.2) is 0 Å². The minimum absolute atomic E-state index is 0.214. The molecule has 0 bridgehead atoms. The van der Waals surface area contributed by atoms with Crippen LogP contribution >= 0.6 is 0 Å². The van der Waals surface area contributed by atoms with Crippen LogP contribution in [0, 0.1) is 5.92 Å². The number of carbonyl (C=O) groups excluding carboxylic acids is 1. The fourth-order valence-electron chi connectivity index (χ4n) is 1.17. The second kappa shape index (κ2) is 3.56. The van der Waals surface area contributed by atoms with Gasteiger partial charge in [0.25, 0.3) is 0 Å². The summed E-state index contributed by atoms with van der Waals surface area (Å²) in [6, 6.07) is 0. The number of allylic oxidation sites excluding steroid dienone is 1. The lowest BCUT2D eigenvalue weighted by atomic mass is 10.1. The molecule has 2 heteroatoms. The molecular weight excluding hydrogens is 140 g/mol. The van der Waals surface area contributed by atoms with Crippen LogP contribution in [0.4, 0.5) is 0 Å². The van der Waals surface area contributed by atoms with Crippen LogP contribution in [0.3, 0.4) is 0 Å². The first-order chi connectivity index (χ1) is 5.27. The lowest BCUT2D eigenvalue weighted by Crippen LogP contribution is -1.97. The van der Waals surface area contributed by atoms with Gasteiger partial charge in [-0.3, -0.25) is 0 Å². The van der Waals surface area contributed by atoms with Crippen molar-refractivity contribution in [3.05, 3.63) is 11.6 Å². The van der Waals surface area contributed by atoms with E-state index < -0.39 is 0 Å². The zero-order valence-electron chi connectivity index (χ0n) is 7.09. The summed E-state index contributed by atoms with van der Waals surface area (Å²) in [6.07, 6.45) is 5.10. The average Bonchev–Trinajstić information content (AvgIpc) is 2.82. The van der Waals surface area contributed by atoms with E-state index in [1.807, 2.05) is 0 Å². The molecule has 0 aliphatic heterocycles. The van der Waals surface area contributed by atoms with Crippen molar-refractivity contribution in [2.24, 2.45) is 5.92 Å². The molecule has 62 valence electrons. The number of ether oxygens (including phenoxy) is 1. The van der Waals surface area contributed by atoms with Crippen LogP contribution < -0.4 is 0 Å². The van der Waals surface area contributed by atoms with Crippen molar-refractivity contribution in [2.75, 3.05) is 7.11 Å². The van der Waals surface area contributed by atoms with E-state index in [9.17, 15) is 4.79 Å². The molecule has 0 atom stereocenters. The Balaban J connectivity index is 2.51. The first-order valence-electron chi connectivity index (χ1n) is 4.06. The minimum Gasteiger partial charge on any atom is -0.466 e. The van der Waals surface area contributed by atoms with Gasteiger partial charge in [-0.2, -0.15) is 0 Å². The smallest absolute Gasteiger partial charge is 0.330 e. The summed E-state index contributed by atoms with van der Waals surface area (Å²) in [6.45, 7) is 2.08. The Hall–Kier alpha value is -0.790. The molecule has 0 unspecified atom stereocenters. The van der Waals surface area contributed by atoms with E-state index in [4.69, 9.17) is 0 Å². The average molecular weight is 154 g/mol. The lowest BCUT2D eigenvalue weighted by Gasteiger charge is -1.99. The van der Waals surface area contributed by atoms with E-state index in [0.717, 1.165) is 6.42 Å². The summed E-state index contributed by atoms with van der Waals surface area (Å²) in [5, 5.41) is 0. The number of esters is 1. The van der Waals surface area contributed by atoms with E-state index in [2.05, 4.69) is 11.7 Å². The SMILES string of the molecule is CCC(=CC(=O)OC)C1CC1. The predicted octanol–water partition coefficient (Wildman–Crippen LogP) is 1.91. The van der Waals surface area contributed by atoms with Gasteiger partial charge in [0, 0.05) is 6.08 Å². The third-order valence-corrected chi connectivity index (χ3v) is 2.01. The van der Waals surface area contributed by atoms with Crippen molar-refractivity contribution in [2.45, 2.75) is 26.2 Å². The molecule has 0 heterocycles. The van der Waals surface area contributed by atoms with Crippen LogP contribution in [-0.2, 0) is 9.53 Å². The fraction of sp³-hybridized carbons (Fsp3) is 0.667. The maximum atomic E-state index is 10.8. The highest BCUT2D eigenvalue weighted by molar-refractivity contribution is 5.82. The second-order valence-electron chi connectivity index (χ2n) is 2.87. The van der Waals surface area contributed by atoms with Crippen LogP contribution in [0.2, 0.25) is 0 Å². The van der Waals surface area contributed by atoms with Gasteiger partial charge in [0.05, 0.1) is 7.11 Å². The van der Waals surface area contributed by atoms with Gasteiger partial charge in [-0.05, 0) is 25.2 Å². The van der Waals surface area contributed by atoms with Crippen LogP contribution in [0.25, 0.3) is 0 Å². The van der Waals surface area contributed by atoms with Gasteiger partial charge >= 0.3 is 5.97 Å². The maximum absolute atomic E-state index is 10.8. The summed E-state index contributed by atoms with van der Waals surface area (Å²) in [5.74, 6) is 0.466. The maximum Gasteiger partial charge on any atom is 0.330 e. The minimum atomic E-state index is -0.214. The van der Waals surface area contributed by atoms with Crippen molar-refractivity contribution in [1.82, 2.24) is 0 Å². The molecule has 0 amide bonds. The predicted molar refractivity (Wildman–Crippen MR) is 43.1 cm³/mol. The lowest BCUT2D eigenvalue weighted by molar-refractivity contribution is -0.134. The standard InChI is InChI=1S/C9H14O2/c1-3-7(8-4-5-8)6-9(10)11-2/h6,8H,3-5H2,1-2H3. The molecule has 1 aliphatic carbocycles. The van der Waals surface area contributed by atoms with Crippen LogP contribution in [0.5, 0.6) is 0 Å². The van der Waals surface area contributed by atoms with Crippen LogP contribution in [0.1, 0.15) is 26.2 Å². The summed E-state index contributed by atoms with van der Waals surface area (Å²) < 4.78 is 4.55. The molecule has 2 nitrogen and oxygen atoms in total. The van der Waals surface area contributed by atoms with Gasteiger partial charge in [-0.15, -0.1) is 0 Å². The molecular formula is C9H14O2. The highest BCUT2D eigenvalue weighted by atomic mass is 16.5. The zero-order chi connectivity index (χ0) is 8.27. The third kappa shape index (κ3) is 2.37. The molecule has 0 aromatic rings. The van der Waals surface area contributed by atoms with Gasteiger partial charge in [0.2, 0.25) is 0 Å². The summed E-state index contributed by atoms with van der Waals surface area (Å²) >= 11 is 0. The van der Waals surface area contributed by atoms with Crippen molar-refractivity contribution >= 4 is 5.97 Å². The number of methoxy groups -OCH3 is 1. The van der Waals surface area contributed by atoms with Crippen LogP contribution in [-0.4, -0.2) is 13.1 Å². The van der Waals surface area contributed by atoms with Crippen molar-refractivity contribution in [3.63, 3.8) is 0 Å². The molecule has 0 saturated heterocycles. The Morgan fingerprint density at radius 2 is 2.27 bits per heavy atom. The van der Waals surface area contributed by atoms with Crippen molar-refractivity contribution in [1.29, 1.82) is 0 Å². The fourth-order valence-corrected chi connectivity index (χ4v) is 1.17. The van der Waals surface area contributed by atoms with E-state index in [0.29, 0.717) is 5.92 Å². The summed E-state index contributed by atoms with van der Waals surface area (Å²) in [4.78, 5) is 10.8. The molecule has 1 fully saturated rings. The van der Waals surface area contributed by atoms with Crippen molar-refractivity contribution < 1.29 is 9.53 Å². The molecule has 0 radical (unpaired) electrons. The van der Waals surface area contributed by atoms with Gasteiger partial charge in [0.1, 0.15) is 0 Å². The monoisotopic (exact) mass is 154 g/mol. The topological polar surface area (TPSA) is 26.3 Å². The summed E-state index contributed by atoms with van der Waals surface area (Å²) in [5.41, 5.74) is 1.25. The van der Waals surface area contributed by atoms with E-state index in [-0.39, 0.29) is 5.97 Å². The van der Waals surface area contributed by atoms with E-state index in [1.165, 1.54) is 25.5 Å². The molecule has 0 spiro atoms. The highest BCUT2D eigenvalue weighted by Crippen LogP contribution is 2.37. The second-order valence-corrected chi connectivity index (χ2v) is 2.87. The molecule has 0 aromatic carbocycles. The number of hydrogen-bond acceptors (Lipinski definition) is 2. The number of rotatable bonds is 3. The largest absolute Gasteiger partial charge is 0.466 e. The normalized spacial score (nSPS) is 18.2. The van der Waals surface area contributed by atoms with Gasteiger partial charge < -0.3 is 4.74 Å². The molecule has 1 aliphatic rings. The Kier molecular flexibility index (Phi) is 2.69. The number of hydrogen-bond donors (Lipinski definition) is 0. The third-order valence-electron chi connectivity index (χ3n) is 2.01. The highest BCUT2D eigenvalue weighted by Gasteiger charge is 2.25. The van der Waals surface area contributed by atoms with Gasteiger partial charge in [-0.25, -0.2) is 4.79 Å². The Morgan fingerprint density at radius 1 is 1.64 bits per heavy atom. The van der Waals surface area contributed by atoms with E-state index in [1.54, 1.807) is 6.08 Å². The molecule has 11 heavy (non-hydrogen) atoms. The Morgan fingerprint density at radius 3 is 2.64 bits per heavy atom. The van der Waals surface area contributed by atoms with Crippen LogP contribution in [0.15, 0.2) is 11.6 Å². The van der Waals surface area contributed by atoms with E-state index >= 15 is 0 Å². The Labute approximate surface area is 67.2 Å². The summed E-state index contributed by atoms with van der Waals surface area (Å²) in [7, 11) is 1.42. The molecule has 1 saturated carbocycles. The quantitative estimate of drug-likeness (QED) is 0.458. The number of carbonyl (C=O) groups is 1.